The summed E-state index contributed by atoms with van der Waals surface area (Å²) in [5.41, 5.74) is 6.05. The Morgan fingerprint density at radius 2 is 2.04 bits per heavy atom. The Hall–Kier alpha value is -2.91. The van der Waals surface area contributed by atoms with Crippen LogP contribution in [0.3, 0.4) is 0 Å². The Balaban J connectivity index is 2.10. The van der Waals surface area contributed by atoms with Crippen LogP contribution in [0.5, 0.6) is 5.75 Å². The van der Waals surface area contributed by atoms with E-state index in [1.165, 1.54) is 23.0 Å². The van der Waals surface area contributed by atoms with Crippen molar-refractivity contribution in [1.82, 2.24) is 19.7 Å². The van der Waals surface area contributed by atoms with Crippen LogP contribution >= 0.6 is 0 Å². The number of anilines is 1. The molecule has 0 spiro atoms. The first kappa shape index (κ1) is 16.0. The van der Waals surface area contributed by atoms with Crippen molar-refractivity contribution in [2.24, 2.45) is 7.05 Å². The molecule has 1 aromatic carbocycles. The van der Waals surface area contributed by atoms with Gasteiger partial charge in [-0.15, -0.1) is 0 Å². The fourth-order valence-electron chi connectivity index (χ4n) is 2.20. The van der Waals surface area contributed by atoms with Gasteiger partial charge in [0.15, 0.2) is 23.6 Å². The van der Waals surface area contributed by atoms with Crippen LogP contribution in [0, 0.1) is 5.82 Å². The number of halogens is 4. The van der Waals surface area contributed by atoms with Crippen LogP contribution in [0.15, 0.2) is 24.4 Å². The molecule has 0 fully saturated rings. The summed E-state index contributed by atoms with van der Waals surface area (Å²) in [7, 11) is 1.57. The van der Waals surface area contributed by atoms with Gasteiger partial charge in [0.2, 0.25) is 0 Å². The second-order valence-corrected chi connectivity index (χ2v) is 4.95. The van der Waals surface area contributed by atoms with Crippen molar-refractivity contribution >= 4 is 17.0 Å². The second-order valence-electron chi connectivity index (χ2n) is 4.95. The van der Waals surface area contributed by atoms with Crippen LogP contribution in [0.1, 0.15) is 0 Å². The molecule has 0 aliphatic heterocycles. The van der Waals surface area contributed by atoms with Gasteiger partial charge >= 0.3 is 6.18 Å². The Morgan fingerprint density at radius 3 is 2.75 bits per heavy atom. The van der Waals surface area contributed by atoms with Crippen LogP contribution in [0.4, 0.5) is 23.4 Å². The Bertz CT molecular complexity index is 906. The maximum atomic E-state index is 14.2. The first-order valence-electron chi connectivity index (χ1n) is 6.70. The van der Waals surface area contributed by atoms with Crippen LogP contribution in [-0.4, -0.2) is 32.5 Å². The van der Waals surface area contributed by atoms with Crippen molar-refractivity contribution in [1.29, 1.82) is 0 Å². The zero-order valence-electron chi connectivity index (χ0n) is 12.3. The summed E-state index contributed by atoms with van der Waals surface area (Å²) < 4.78 is 57.3. The molecule has 126 valence electrons. The fourth-order valence-corrected chi connectivity index (χ4v) is 2.20. The average Bonchev–Trinajstić information content (AvgIpc) is 2.79. The first-order valence-corrected chi connectivity index (χ1v) is 6.70. The fraction of sp³-hybridized carbons (Fsp3) is 0.214. The number of benzene rings is 1. The standard InChI is InChI=1S/C14H11F4N5O/c1-23-13-11(12(19)22-23)20-5-8(21-13)10-7(15)3-2-4-9(10)24-6-14(16,17)18/h2-5H,6H2,1H3,(H2,19,22). The molecular weight excluding hydrogens is 330 g/mol. The van der Waals surface area contributed by atoms with Gasteiger partial charge in [-0.25, -0.2) is 19.0 Å². The van der Waals surface area contributed by atoms with Gasteiger partial charge in [-0.1, -0.05) is 6.07 Å². The third-order valence-corrected chi connectivity index (χ3v) is 3.18. The van der Waals surface area contributed by atoms with Gasteiger partial charge < -0.3 is 10.5 Å². The maximum Gasteiger partial charge on any atom is 0.422 e. The van der Waals surface area contributed by atoms with E-state index >= 15 is 0 Å². The minimum Gasteiger partial charge on any atom is -0.483 e. The van der Waals surface area contributed by atoms with Gasteiger partial charge in [-0.2, -0.15) is 18.3 Å². The van der Waals surface area contributed by atoms with E-state index in [0.717, 1.165) is 6.07 Å². The zero-order valence-corrected chi connectivity index (χ0v) is 12.3. The van der Waals surface area contributed by atoms with Crippen LogP contribution < -0.4 is 10.5 Å². The van der Waals surface area contributed by atoms with E-state index in [4.69, 9.17) is 10.5 Å². The molecule has 0 radical (unpaired) electrons. The highest BCUT2D eigenvalue weighted by atomic mass is 19.4. The van der Waals surface area contributed by atoms with E-state index < -0.39 is 18.6 Å². The first-order chi connectivity index (χ1) is 11.3. The molecule has 24 heavy (non-hydrogen) atoms. The Kier molecular flexibility index (Phi) is 3.74. The quantitative estimate of drug-likeness (QED) is 0.741. The number of nitrogens with two attached hydrogens (primary N) is 1. The van der Waals surface area contributed by atoms with E-state index in [1.807, 2.05) is 0 Å². The van der Waals surface area contributed by atoms with Crippen molar-refractivity contribution < 1.29 is 22.3 Å². The summed E-state index contributed by atoms with van der Waals surface area (Å²) in [6, 6.07) is 3.57. The van der Waals surface area contributed by atoms with E-state index in [9.17, 15) is 17.6 Å². The lowest BCUT2D eigenvalue weighted by Crippen LogP contribution is -2.19. The van der Waals surface area contributed by atoms with E-state index in [2.05, 4.69) is 15.1 Å². The summed E-state index contributed by atoms with van der Waals surface area (Å²) in [6.45, 7) is -1.54. The molecule has 0 bridgehead atoms. The topological polar surface area (TPSA) is 78.9 Å². The monoisotopic (exact) mass is 341 g/mol. The van der Waals surface area contributed by atoms with Crippen LogP contribution in [0.25, 0.3) is 22.4 Å². The van der Waals surface area contributed by atoms with Gasteiger partial charge in [-0.3, -0.25) is 0 Å². The lowest BCUT2D eigenvalue weighted by atomic mass is 10.1. The highest BCUT2D eigenvalue weighted by Gasteiger charge is 2.29. The number of rotatable bonds is 3. The molecule has 0 atom stereocenters. The van der Waals surface area contributed by atoms with Crippen molar-refractivity contribution in [2.45, 2.75) is 6.18 Å². The predicted octanol–water partition coefficient (Wildman–Crippen LogP) is 2.69. The van der Waals surface area contributed by atoms with Gasteiger partial charge in [0.05, 0.1) is 17.5 Å². The number of alkyl halides is 3. The highest BCUT2D eigenvalue weighted by Crippen LogP contribution is 2.33. The Labute approximate surface area is 132 Å². The number of fused-ring (bicyclic) bond motifs is 1. The molecule has 3 aromatic rings. The molecule has 6 nitrogen and oxygen atoms in total. The second kappa shape index (κ2) is 5.62. The van der Waals surface area contributed by atoms with Gasteiger partial charge in [0, 0.05) is 7.05 Å². The predicted molar refractivity (Wildman–Crippen MR) is 77.7 cm³/mol. The summed E-state index contributed by atoms with van der Waals surface area (Å²) >= 11 is 0. The normalized spacial score (nSPS) is 11.9. The number of aromatic nitrogens is 4. The van der Waals surface area contributed by atoms with Crippen molar-refractivity contribution in [3.05, 3.63) is 30.2 Å². The van der Waals surface area contributed by atoms with Crippen molar-refractivity contribution in [3.8, 4) is 17.0 Å². The number of nitrogens with zero attached hydrogens (tertiary/aromatic N) is 4. The molecule has 0 aliphatic carbocycles. The molecule has 3 rings (SSSR count). The lowest BCUT2D eigenvalue weighted by Gasteiger charge is -2.13. The van der Waals surface area contributed by atoms with Crippen molar-refractivity contribution in [3.63, 3.8) is 0 Å². The summed E-state index contributed by atoms with van der Waals surface area (Å²) in [5, 5.41) is 3.93. The molecule has 0 saturated heterocycles. The van der Waals surface area contributed by atoms with Gasteiger partial charge in [0.25, 0.3) is 0 Å². The van der Waals surface area contributed by atoms with E-state index in [0.29, 0.717) is 5.52 Å². The minimum absolute atomic E-state index is 0.0146. The van der Waals surface area contributed by atoms with E-state index in [-0.39, 0.29) is 28.5 Å². The van der Waals surface area contributed by atoms with Crippen LogP contribution in [0.2, 0.25) is 0 Å². The SMILES string of the molecule is Cn1nc(N)c2ncc(-c3c(F)cccc3OCC(F)(F)F)nc21. The van der Waals surface area contributed by atoms with Gasteiger partial charge in [-0.05, 0) is 12.1 Å². The zero-order chi connectivity index (χ0) is 17.5. The molecule has 0 saturated carbocycles. The third kappa shape index (κ3) is 2.94. The molecule has 0 unspecified atom stereocenters. The molecular formula is C14H11F4N5O. The largest absolute Gasteiger partial charge is 0.483 e. The molecule has 2 N–H and O–H groups in total. The summed E-state index contributed by atoms with van der Waals surface area (Å²) in [6.07, 6.45) is -3.34. The molecule has 0 amide bonds. The number of hydrogen-bond donors (Lipinski definition) is 1. The molecule has 2 aromatic heterocycles. The Morgan fingerprint density at radius 1 is 1.29 bits per heavy atom. The maximum absolute atomic E-state index is 14.2. The highest BCUT2D eigenvalue weighted by molar-refractivity contribution is 5.84. The van der Waals surface area contributed by atoms with Crippen molar-refractivity contribution in [2.75, 3.05) is 12.3 Å². The number of hydrogen-bond acceptors (Lipinski definition) is 5. The number of nitrogen functional groups attached to an aromatic ring is 1. The molecule has 2 heterocycles. The molecule has 0 aliphatic rings. The molecule has 10 heteroatoms. The minimum atomic E-state index is -4.55. The summed E-state index contributed by atoms with van der Waals surface area (Å²) in [4.78, 5) is 8.24. The smallest absolute Gasteiger partial charge is 0.422 e. The van der Waals surface area contributed by atoms with E-state index in [1.54, 1.807) is 7.05 Å². The average molecular weight is 341 g/mol. The number of aryl methyl sites for hydroxylation is 1. The third-order valence-electron chi connectivity index (χ3n) is 3.18. The number of ether oxygens (including phenoxy) is 1. The van der Waals surface area contributed by atoms with Crippen LogP contribution in [-0.2, 0) is 7.05 Å². The lowest BCUT2D eigenvalue weighted by molar-refractivity contribution is -0.153. The van der Waals surface area contributed by atoms with Gasteiger partial charge in [0.1, 0.15) is 11.6 Å². The summed E-state index contributed by atoms with van der Waals surface area (Å²) in [5.74, 6) is -0.914.